The molecule has 1 atom stereocenters. The number of hydrogen-bond acceptors (Lipinski definition) is 4. The molecule has 1 saturated heterocycles. The van der Waals surface area contributed by atoms with E-state index in [-0.39, 0.29) is 36.9 Å². The van der Waals surface area contributed by atoms with Gasteiger partial charge in [0.1, 0.15) is 11.9 Å². The summed E-state index contributed by atoms with van der Waals surface area (Å²) in [6.07, 6.45) is -2.51. The van der Waals surface area contributed by atoms with Crippen molar-refractivity contribution in [3.05, 3.63) is 59.9 Å². The Morgan fingerprint density at radius 1 is 1.28 bits per heavy atom. The lowest BCUT2D eigenvalue weighted by Crippen LogP contribution is -2.33. The molecule has 0 radical (unpaired) electrons. The maximum absolute atomic E-state index is 14.8. The lowest BCUT2D eigenvalue weighted by Gasteiger charge is -2.21. The lowest BCUT2D eigenvalue weighted by atomic mass is 10.2. The van der Waals surface area contributed by atoms with Crippen molar-refractivity contribution in [2.24, 2.45) is 0 Å². The van der Waals surface area contributed by atoms with Gasteiger partial charge in [0.05, 0.1) is 31.0 Å². The van der Waals surface area contributed by atoms with Gasteiger partial charge in [-0.15, -0.1) is 0 Å². The number of benzene rings is 2. The van der Waals surface area contributed by atoms with Crippen LogP contribution in [-0.4, -0.2) is 42.4 Å². The quantitative estimate of drug-likeness (QED) is 0.775. The number of carbonyl (C=O) groups excluding carboxylic acids is 2. The molecule has 3 rings (SSSR count). The van der Waals surface area contributed by atoms with Crippen LogP contribution in [0, 0.1) is 5.82 Å². The van der Waals surface area contributed by atoms with E-state index in [2.05, 4.69) is 5.32 Å². The van der Waals surface area contributed by atoms with Crippen LogP contribution in [0.2, 0.25) is 0 Å². The van der Waals surface area contributed by atoms with Gasteiger partial charge in [-0.05, 0) is 23.8 Å². The second-order valence-corrected chi connectivity index (χ2v) is 6.54. The first-order valence-electron chi connectivity index (χ1n) is 8.91. The standard InChI is InChI=1S/C20H20FN3O5/c1-13(25)22-10-16-12-23(20(28)29-16)15-7-8-18(17(21)9-15)24(19(26)27)11-14-5-3-2-4-6-14/h2-9,16H,10-12H2,1H3,(H,22,25)(H,26,27). The summed E-state index contributed by atoms with van der Waals surface area (Å²) in [7, 11) is 0. The molecular weight excluding hydrogens is 381 g/mol. The van der Waals surface area contributed by atoms with Crippen molar-refractivity contribution < 1.29 is 28.6 Å². The van der Waals surface area contributed by atoms with Crippen LogP contribution in [0.25, 0.3) is 0 Å². The zero-order valence-corrected chi connectivity index (χ0v) is 15.7. The Labute approximate surface area is 166 Å². The predicted molar refractivity (Wildman–Crippen MR) is 103 cm³/mol. The summed E-state index contributed by atoms with van der Waals surface area (Å²) in [5.41, 5.74) is 0.835. The molecule has 1 aliphatic heterocycles. The molecule has 3 amide bonds. The van der Waals surface area contributed by atoms with Crippen molar-refractivity contribution in [3.63, 3.8) is 0 Å². The van der Waals surface area contributed by atoms with E-state index in [9.17, 15) is 23.9 Å². The molecule has 1 heterocycles. The normalized spacial score (nSPS) is 15.7. The van der Waals surface area contributed by atoms with Crippen molar-refractivity contribution in [3.8, 4) is 0 Å². The summed E-state index contributed by atoms with van der Waals surface area (Å²) in [6.45, 7) is 1.63. The largest absolute Gasteiger partial charge is 0.465 e. The minimum Gasteiger partial charge on any atom is -0.465 e. The van der Waals surface area contributed by atoms with E-state index in [4.69, 9.17) is 4.74 Å². The number of hydrogen-bond donors (Lipinski definition) is 2. The fourth-order valence-electron chi connectivity index (χ4n) is 3.00. The number of rotatable bonds is 6. The van der Waals surface area contributed by atoms with Gasteiger partial charge < -0.3 is 15.2 Å². The minimum atomic E-state index is -1.29. The van der Waals surface area contributed by atoms with Gasteiger partial charge in [0.25, 0.3) is 0 Å². The second-order valence-electron chi connectivity index (χ2n) is 6.54. The third-order valence-electron chi connectivity index (χ3n) is 4.40. The van der Waals surface area contributed by atoms with Crippen molar-refractivity contribution in [1.82, 2.24) is 5.32 Å². The number of nitrogens with one attached hydrogen (secondary N) is 1. The molecule has 0 spiro atoms. The number of carboxylic acid groups (broad SMARTS) is 1. The summed E-state index contributed by atoms with van der Waals surface area (Å²) in [6, 6.07) is 12.7. The molecule has 0 bridgehead atoms. The first-order valence-corrected chi connectivity index (χ1v) is 8.91. The molecule has 1 aliphatic rings. The SMILES string of the molecule is CC(=O)NCC1CN(c2ccc(N(Cc3ccccc3)C(=O)O)c(F)c2)C(=O)O1. The van der Waals surface area contributed by atoms with Gasteiger partial charge in [0.2, 0.25) is 5.91 Å². The lowest BCUT2D eigenvalue weighted by molar-refractivity contribution is -0.119. The average molecular weight is 401 g/mol. The topological polar surface area (TPSA) is 99.2 Å². The highest BCUT2D eigenvalue weighted by atomic mass is 19.1. The fraction of sp³-hybridized carbons (Fsp3) is 0.250. The summed E-state index contributed by atoms with van der Waals surface area (Å²) in [5, 5.41) is 12.1. The van der Waals surface area contributed by atoms with Crippen LogP contribution in [0.15, 0.2) is 48.5 Å². The Morgan fingerprint density at radius 3 is 2.62 bits per heavy atom. The first kappa shape index (κ1) is 20.1. The maximum atomic E-state index is 14.8. The van der Waals surface area contributed by atoms with Crippen LogP contribution in [0.4, 0.5) is 25.4 Å². The third-order valence-corrected chi connectivity index (χ3v) is 4.40. The Bertz CT molecular complexity index is 922. The monoisotopic (exact) mass is 401 g/mol. The molecule has 1 unspecified atom stereocenters. The molecule has 0 aliphatic carbocycles. The number of ether oxygens (including phenoxy) is 1. The first-order chi connectivity index (χ1) is 13.8. The van der Waals surface area contributed by atoms with Crippen LogP contribution in [0.3, 0.4) is 0 Å². The summed E-state index contributed by atoms with van der Waals surface area (Å²) in [5.74, 6) is -1.03. The highest BCUT2D eigenvalue weighted by Gasteiger charge is 2.33. The molecule has 2 aromatic rings. The van der Waals surface area contributed by atoms with Crippen LogP contribution in [0.1, 0.15) is 12.5 Å². The fourth-order valence-corrected chi connectivity index (χ4v) is 3.00. The van der Waals surface area contributed by atoms with Crippen molar-refractivity contribution in [2.45, 2.75) is 19.6 Å². The number of amides is 3. The third kappa shape index (κ3) is 4.81. The van der Waals surface area contributed by atoms with Gasteiger partial charge in [0, 0.05) is 6.92 Å². The zero-order chi connectivity index (χ0) is 21.0. The van der Waals surface area contributed by atoms with Crippen LogP contribution < -0.4 is 15.1 Å². The Hall–Kier alpha value is -3.62. The van der Waals surface area contributed by atoms with Gasteiger partial charge in [0.15, 0.2) is 0 Å². The smallest absolute Gasteiger partial charge is 0.414 e. The molecule has 2 aromatic carbocycles. The van der Waals surface area contributed by atoms with E-state index in [1.54, 1.807) is 30.3 Å². The van der Waals surface area contributed by atoms with E-state index in [1.165, 1.54) is 24.0 Å². The molecular formula is C20H20FN3O5. The molecule has 0 aromatic heterocycles. The van der Waals surface area contributed by atoms with E-state index in [0.29, 0.717) is 5.56 Å². The number of halogens is 1. The highest BCUT2D eigenvalue weighted by molar-refractivity contribution is 5.91. The summed E-state index contributed by atoms with van der Waals surface area (Å²) >= 11 is 0. The highest BCUT2D eigenvalue weighted by Crippen LogP contribution is 2.29. The molecule has 152 valence electrons. The van der Waals surface area contributed by atoms with E-state index >= 15 is 0 Å². The molecule has 9 heteroatoms. The molecule has 0 saturated carbocycles. The molecule has 1 fully saturated rings. The van der Waals surface area contributed by atoms with Crippen molar-refractivity contribution in [1.29, 1.82) is 0 Å². The van der Waals surface area contributed by atoms with Crippen molar-refractivity contribution >= 4 is 29.5 Å². The number of carbonyl (C=O) groups is 3. The Kier molecular flexibility index (Phi) is 5.96. The van der Waals surface area contributed by atoms with E-state index in [0.717, 1.165) is 11.0 Å². The van der Waals surface area contributed by atoms with Gasteiger partial charge >= 0.3 is 12.2 Å². The predicted octanol–water partition coefficient (Wildman–Crippen LogP) is 2.97. The van der Waals surface area contributed by atoms with E-state index < -0.39 is 24.1 Å². The van der Waals surface area contributed by atoms with Crippen LogP contribution in [0.5, 0.6) is 0 Å². The van der Waals surface area contributed by atoms with Gasteiger partial charge in [-0.25, -0.2) is 14.0 Å². The molecule has 29 heavy (non-hydrogen) atoms. The van der Waals surface area contributed by atoms with Gasteiger partial charge in [-0.3, -0.25) is 14.6 Å². The Balaban J connectivity index is 1.77. The maximum Gasteiger partial charge on any atom is 0.414 e. The van der Waals surface area contributed by atoms with Gasteiger partial charge in [-0.1, -0.05) is 30.3 Å². The van der Waals surface area contributed by atoms with Crippen molar-refractivity contribution in [2.75, 3.05) is 22.9 Å². The van der Waals surface area contributed by atoms with Gasteiger partial charge in [-0.2, -0.15) is 0 Å². The second kappa shape index (κ2) is 8.59. The molecule has 8 nitrogen and oxygen atoms in total. The van der Waals surface area contributed by atoms with E-state index in [1.807, 2.05) is 0 Å². The Morgan fingerprint density at radius 2 is 2.00 bits per heavy atom. The average Bonchev–Trinajstić information content (AvgIpc) is 3.06. The van der Waals surface area contributed by atoms with Crippen LogP contribution >= 0.6 is 0 Å². The summed E-state index contributed by atoms with van der Waals surface area (Å²) < 4.78 is 19.9. The van der Waals surface area contributed by atoms with Crippen LogP contribution in [-0.2, 0) is 16.1 Å². The number of nitrogens with zero attached hydrogens (tertiary/aromatic N) is 2. The number of anilines is 2. The minimum absolute atomic E-state index is 0.0169. The zero-order valence-electron chi connectivity index (χ0n) is 15.7. The number of cyclic esters (lactones) is 1. The molecule has 2 N–H and O–H groups in total. The summed E-state index contributed by atoms with van der Waals surface area (Å²) in [4.78, 5) is 36.9.